The molecule has 0 spiro atoms. The zero-order valence-corrected chi connectivity index (χ0v) is 12.0. The number of amidine groups is 1. The van der Waals surface area contributed by atoms with Gasteiger partial charge in [0.25, 0.3) is 0 Å². The number of thioether (sulfide) groups is 1. The van der Waals surface area contributed by atoms with Gasteiger partial charge in [-0.2, -0.15) is 5.10 Å². The predicted octanol–water partition coefficient (Wildman–Crippen LogP) is 1.73. The van der Waals surface area contributed by atoms with Gasteiger partial charge in [-0.25, -0.2) is 0 Å². The fraction of sp³-hybridized carbons (Fsp3) is 0.308. The number of phenols is 1. The third-order valence-electron chi connectivity index (χ3n) is 2.31. The molecular formula is C13H15N3O3S. The molecule has 0 radical (unpaired) electrons. The van der Waals surface area contributed by atoms with Gasteiger partial charge in [0, 0.05) is 11.6 Å². The van der Waals surface area contributed by atoms with E-state index in [1.165, 1.54) is 24.0 Å². The standard InChI is InChI=1S/C13H15N3O3S/c1-8(2)19-10-4-3-9(11(17)5-10)6-14-16-13-15-12(18)7-20-13/h3-6,8,17H,7H2,1-2H3,(H,15,16,18). The minimum Gasteiger partial charge on any atom is -0.507 e. The average molecular weight is 293 g/mol. The van der Waals surface area contributed by atoms with Crippen LogP contribution in [0.5, 0.6) is 11.5 Å². The molecule has 20 heavy (non-hydrogen) atoms. The predicted molar refractivity (Wildman–Crippen MR) is 79.5 cm³/mol. The molecular weight excluding hydrogens is 278 g/mol. The maximum atomic E-state index is 10.9. The fourth-order valence-corrected chi connectivity index (χ4v) is 2.13. The first kappa shape index (κ1) is 14.4. The van der Waals surface area contributed by atoms with Crippen molar-refractivity contribution in [2.75, 3.05) is 5.75 Å². The lowest BCUT2D eigenvalue weighted by molar-refractivity contribution is -0.116. The second kappa shape index (κ2) is 6.42. The number of hydrogen-bond acceptors (Lipinski definition) is 6. The second-order valence-corrected chi connectivity index (χ2v) is 5.34. The molecule has 6 nitrogen and oxygen atoms in total. The molecule has 0 bridgehead atoms. The lowest BCUT2D eigenvalue weighted by atomic mass is 10.2. The van der Waals surface area contributed by atoms with Gasteiger partial charge in [-0.15, -0.1) is 5.10 Å². The minimum atomic E-state index is -0.0815. The molecule has 1 aliphatic rings. The van der Waals surface area contributed by atoms with Crippen LogP contribution in [0.2, 0.25) is 0 Å². The molecule has 0 aliphatic carbocycles. The van der Waals surface area contributed by atoms with Gasteiger partial charge in [-0.1, -0.05) is 11.8 Å². The highest BCUT2D eigenvalue weighted by molar-refractivity contribution is 8.15. The van der Waals surface area contributed by atoms with Crippen molar-refractivity contribution in [3.05, 3.63) is 23.8 Å². The zero-order valence-electron chi connectivity index (χ0n) is 11.2. The lowest BCUT2D eigenvalue weighted by Crippen LogP contribution is -2.19. The van der Waals surface area contributed by atoms with E-state index in [9.17, 15) is 9.90 Å². The SMILES string of the molecule is CC(C)Oc1ccc(C=NN=C2NC(=O)CS2)c(O)c1. The topological polar surface area (TPSA) is 83.3 Å². The molecule has 1 fully saturated rings. The van der Waals surface area contributed by atoms with Crippen molar-refractivity contribution in [2.24, 2.45) is 10.2 Å². The van der Waals surface area contributed by atoms with Crippen LogP contribution in [0.25, 0.3) is 0 Å². The van der Waals surface area contributed by atoms with Crippen LogP contribution in [0.15, 0.2) is 28.4 Å². The van der Waals surface area contributed by atoms with Gasteiger partial charge < -0.3 is 15.2 Å². The molecule has 0 aromatic heterocycles. The van der Waals surface area contributed by atoms with Gasteiger partial charge in [-0.05, 0) is 26.0 Å². The summed E-state index contributed by atoms with van der Waals surface area (Å²) in [4.78, 5) is 10.9. The number of benzene rings is 1. The number of hydrogen-bond donors (Lipinski definition) is 2. The Morgan fingerprint density at radius 2 is 2.30 bits per heavy atom. The van der Waals surface area contributed by atoms with Crippen LogP contribution in [0.4, 0.5) is 0 Å². The maximum absolute atomic E-state index is 10.9. The highest BCUT2D eigenvalue weighted by Gasteiger charge is 2.15. The Bertz CT molecular complexity index is 570. The highest BCUT2D eigenvalue weighted by Crippen LogP contribution is 2.23. The zero-order chi connectivity index (χ0) is 14.5. The number of nitrogens with zero attached hydrogens (tertiary/aromatic N) is 2. The number of carbonyl (C=O) groups excluding carboxylic acids is 1. The second-order valence-electron chi connectivity index (χ2n) is 4.37. The summed E-state index contributed by atoms with van der Waals surface area (Å²) in [6, 6.07) is 4.97. The van der Waals surface area contributed by atoms with Crippen LogP contribution in [-0.4, -0.2) is 34.3 Å². The lowest BCUT2D eigenvalue weighted by Gasteiger charge is -2.10. The minimum absolute atomic E-state index is 0.0447. The van der Waals surface area contributed by atoms with Crippen LogP contribution in [0.3, 0.4) is 0 Å². The molecule has 0 atom stereocenters. The van der Waals surface area contributed by atoms with Crippen LogP contribution in [-0.2, 0) is 4.79 Å². The van der Waals surface area contributed by atoms with E-state index in [1.807, 2.05) is 13.8 Å². The molecule has 1 aromatic rings. The van der Waals surface area contributed by atoms with E-state index < -0.39 is 0 Å². The normalized spacial score (nSPS) is 17.1. The van der Waals surface area contributed by atoms with Gasteiger partial charge in [0.2, 0.25) is 5.91 Å². The number of carbonyl (C=O) groups is 1. The molecule has 106 valence electrons. The van der Waals surface area contributed by atoms with E-state index in [2.05, 4.69) is 15.5 Å². The quantitative estimate of drug-likeness (QED) is 0.654. The molecule has 1 saturated heterocycles. The first-order valence-corrected chi connectivity index (χ1v) is 7.06. The summed E-state index contributed by atoms with van der Waals surface area (Å²) in [5, 5.41) is 20.6. The molecule has 2 rings (SSSR count). The Hall–Kier alpha value is -2.02. The number of rotatable bonds is 4. The van der Waals surface area contributed by atoms with E-state index in [4.69, 9.17) is 4.74 Å². The summed E-state index contributed by atoms with van der Waals surface area (Å²) < 4.78 is 5.46. The number of aromatic hydroxyl groups is 1. The molecule has 1 aliphatic heterocycles. The molecule has 0 saturated carbocycles. The summed E-state index contributed by atoms with van der Waals surface area (Å²) in [6.07, 6.45) is 1.47. The van der Waals surface area contributed by atoms with Crippen molar-refractivity contribution in [3.8, 4) is 11.5 Å². The maximum Gasteiger partial charge on any atom is 0.236 e. The third kappa shape index (κ3) is 3.99. The first-order valence-electron chi connectivity index (χ1n) is 6.08. The van der Waals surface area contributed by atoms with Gasteiger partial charge in [0.05, 0.1) is 18.1 Å². The van der Waals surface area contributed by atoms with Crippen molar-refractivity contribution in [1.82, 2.24) is 5.32 Å². The summed E-state index contributed by atoms with van der Waals surface area (Å²) in [5.41, 5.74) is 0.528. The third-order valence-corrected chi connectivity index (χ3v) is 3.17. The van der Waals surface area contributed by atoms with Crippen LogP contribution in [0.1, 0.15) is 19.4 Å². The smallest absolute Gasteiger partial charge is 0.236 e. The monoisotopic (exact) mass is 293 g/mol. The fourth-order valence-electron chi connectivity index (χ4n) is 1.50. The van der Waals surface area contributed by atoms with Crippen molar-refractivity contribution >= 4 is 29.1 Å². The summed E-state index contributed by atoms with van der Waals surface area (Å²) in [5.74, 6) is 0.942. The Morgan fingerprint density at radius 1 is 1.50 bits per heavy atom. The van der Waals surface area contributed by atoms with Crippen LogP contribution in [0, 0.1) is 0 Å². The van der Waals surface area contributed by atoms with Crippen molar-refractivity contribution in [3.63, 3.8) is 0 Å². The van der Waals surface area contributed by atoms with Crippen molar-refractivity contribution in [2.45, 2.75) is 20.0 Å². The van der Waals surface area contributed by atoms with Crippen molar-refractivity contribution < 1.29 is 14.6 Å². The number of phenolic OH excluding ortho intramolecular Hbond substituents is 1. The Morgan fingerprint density at radius 3 is 2.90 bits per heavy atom. The number of ether oxygens (including phenoxy) is 1. The van der Waals surface area contributed by atoms with Crippen LogP contribution >= 0.6 is 11.8 Å². The molecule has 7 heteroatoms. The van der Waals surface area contributed by atoms with Crippen molar-refractivity contribution in [1.29, 1.82) is 0 Å². The molecule has 1 amide bonds. The van der Waals surface area contributed by atoms with E-state index in [-0.39, 0.29) is 17.8 Å². The average Bonchev–Trinajstić information content (AvgIpc) is 2.77. The van der Waals surface area contributed by atoms with Gasteiger partial charge in [0.15, 0.2) is 5.17 Å². The van der Waals surface area contributed by atoms with E-state index >= 15 is 0 Å². The highest BCUT2D eigenvalue weighted by atomic mass is 32.2. The number of amides is 1. The number of nitrogens with one attached hydrogen (secondary N) is 1. The Kier molecular flexibility index (Phi) is 4.62. The van der Waals surface area contributed by atoms with Gasteiger partial charge in [0.1, 0.15) is 11.5 Å². The molecule has 1 heterocycles. The van der Waals surface area contributed by atoms with E-state index in [0.29, 0.717) is 22.2 Å². The van der Waals surface area contributed by atoms with E-state index in [1.54, 1.807) is 12.1 Å². The Balaban J connectivity index is 2.04. The van der Waals surface area contributed by atoms with Gasteiger partial charge in [-0.3, -0.25) is 4.79 Å². The summed E-state index contributed by atoms with van der Waals surface area (Å²) in [6.45, 7) is 3.83. The van der Waals surface area contributed by atoms with Crippen LogP contribution < -0.4 is 10.1 Å². The molecule has 2 N–H and O–H groups in total. The molecule has 1 aromatic carbocycles. The summed E-state index contributed by atoms with van der Waals surface area (Å²) >= 11 is 1.29. The van der Waals surface area contributed by atoms with Gasteiger partial charge >= 0.3 is 0 Å². The largest absolute Gasteiger partial charge is 0.507 e. The Labute approximate surface area is 120 Å². The summed E-state index contributed by atoms with van der Waals surface area (Å²) in [7, 11) is 0. The van der Waals surface area contributed by atoms with E-state index in [0.717, 1.165) is 0 Å². The molecule has 0 unspecified atom stereocenters. The first-order chi connectivity index (χ1) is 9.54.